The molecule has 2 aromatic carbocycles. The maximum Gasteiger partial charge on any atom is 0.162 e. The second-order valence-corrected chi connectivity index (χ2v) is 9.42. The Kier molecular flexibility index (Phi) is 5.84. The molecule has 0 aliphatic heterocycles. The van der Waals surface area contributed by atoms with Crippen molar-refractivity contribution in [2.75, 3.05) is 0 Å². The number of Topliss-reactive ketones (excluding diaryl/α,β-unsaturated/α-hetero) is 1. The van der Waals surface area contributed by atoms with Gasteiger partial charge in [-0.3, -0.25) is 4.79 Å². The van der Waals surface area contributed by atoms with Crippen LogP contribution in [0, 0.1) is 33.6 Å². The van der Waals surface area contributed by atoms with Gasteiger partial charge in [-0.2, -0.15) is 0 Å². The van der Waals surface area contributed by atoms with Crippen LogP contribution < -0.4 is 0 Å². The summed E-state index contributed by atoms with van der Waals surface area (Å²) in [5, 5.41) is 0. The number of allylic oxidation sites excluding steroid dienone is 2. The summed E-state index contributed by atoms with van der Waals surface area (Å²) >= 11 is 7.55. The van der Waals surface area contributed by atoms with Crippen LogP contribution in [0.25, 0.3) is 5.57 Å². The molecule has 0 aromatic heterocycles. The number of carbonyl (C=O) groups is 1. The monoisotopic (exact) mass is 488 g/mol. The van der Waals surface area contributed by atoms with E-state index < -0.39 is 0 Å². The van der Waals surface area contributed by atoms with Gasteiger partial charge < -0.3 is 0 Å². The van der Waals surface area contributed by atoms with E-state index in [0.29, 0.717) is 0 Å². The quantitative estimate of drug-likeness (QED) is 0.424. The van der Waals surface area contributed by atoms with Crippen molar-refractivity contribution >= 4 is 43.2 Å². The summed E-state index contributed by atoms with van der Waals surface area (Å²) in [5.74, 6) is 0.419. The zero-order valence-corrected chi connectivity index (χ0v) is 20.0. The summed E-state index contributed by atoms with van der Waals surface area (Å²) in [6.45, 7) is 12.8. The van der Waals surface area contributed by atoms with E-state index in [1.165, 1.54) is 32.3 Å². The van der Waals surface area contributed by atoms with Crippen molar-refractivity contribution < 1.29 is 4.79 Å². The van der Waals surface area contributed by atoms with Crippen LogP contribution in [-0.4, -0.2) is 5.78 Å². The Morgan fingerprint density at radius 2 is 1.48 bits per heavy atom. The van der Waals surface area contributed by atoms with Crippen LogP contribution in [-0.2, 0) is 4.79 Å². The highest BCUT2D eigenvalue weighted by Crippen LogP contribution is 2.48. The van der Waals surface area contributed by atoms with Gasteiger partial charge in [-0.1, -0.05) is 57.0 Å². The largest absolute Gasteiger partial charge is 0.294 e. The summed E-state index contributed by atoms with van der Waals surface area (Å²) in [6, 6.07) is 8.21. The number of benzene rings is 2. The first-order chi connectivity index (χ1) is 12.7. The van der Waals surface area contributed by atoms with Crippen LogP contribution in [0.4, 0.5) is 0 Å². The zero-order valence-electron chi connectivity index (χ0n) is 16.8. The molecule has 0 saturated carbocycles. The predicted octanol–water partition coefficient (Wildman–Crippen LogP) is 7.61. The Bertz CT molecular complexity index is 940. The van der Waals surface area contributed by atoms with Gasteiger partial charge in [-0.05, 0) is 97.6 Å². The molecule has 27 heavy (non-hydrogen) atoms. The lowest BCUT2D eigenvalue weighted by Crippen LogP contribution is -2.27. The third-order valence-electron chi connectivity index (χ3n) is 6.49. The summed E-state index contributed by atoms with van der Waals surface area (Å²) in [6.07, 6.45) is 0.878. The lowest BCUT2D eigenvalue weighted by atomic mass is 9.70. The molecule has 2 aromatic rings. The van der Waals surface area contributed by atoms with Gasteiger partial charge in [0.25, 0.3) is 0 Å². The van der Waals surface area contributed by atoms with E-state index in [0.717, 1.165) is 27.6 Å². The Morgan fingerprint density at radius 3 is 2.11 bits per heavy atom. The SMILES string of the molecule is CC1=C(c2ccccc2Br)CC(c2c(C)c(C)c(C)c(C)c2Br)C(C)C1=O. The number of hydrogen-bond donors (Lipinski definition) is 0. The fraction of sp³-hybridized carbons (Fsp3) is 0.375. The third kappa shape index (κ3) is 3.38. The average molecular weight is 490 g/mol. The molecular formula is C24H26Br2O. The van der Waals surface area contributed by atoms with E-state index in [1.807, 2.05) is 19.1 Å². The van der Waals surface area contributed by atoms with Crippen molar-refractivity contribution in [2.24, 2.45) is 5.92 Å². The molecule has 2 unspecified atom stereocenters. The number of hydrogen-bond acceptors (Lipinski definition) is 1. The second-order valence-electron chi connectivity index (χ2n) is 7.77. The van der Waals surface area contributed by atoms with Crippen molar-refractivity contribution in [3.63, 3.8) is 0 Å². The van der Waals surface area contributed by atoms with Gasteiger partial charge in [0.15, 0.2) is 5.78 Å². The topological polar surface area (TPSA) is 17.1 Å². The van der Waals surface area contributed by atoms with Crippen molar-refractivity contribution in [1.29, 1.82) is 0 Å². The molecule has 0 bridgehead atoms. The van der Waals surface area contributed by atoms with Gasteiger partial charge >= 0.3 is 0 Å². The minimum Gasteiger partial charge on any atom is -0.294 e. The highest BCUT2D eigenvalue weighted by atomic mass is 79.9. The standard InChI is InChI=1S/C24H26Br2O/c1-12-13(2)15(4)23(26)22(14(12)3)20-11-19(16(5)24(27)17(20)6)18-9-7-8-10-21(18)25/h7-10,17,20H,11H2,1-6H3. The number of halogens is 2. The minimum atomic E-state index is -0.0206. The molecule has 0 spiro atoms. The van der Waals surface area contributed by atoms with Gasteiger partial charge in [-0.25, -0.2) is 0 Å². The minimum absolute atomic E-state index is 0.0206. The van der Waals surface area contributed by atoms with E-state index in [2.05, 4.69) is 78.6 Å². The zero-order chi connectivity index (χ0) is 20.0. The van der Waals surface area contributed by atoms with Gasteiger partial charge in [-0.15, -0.1) is 0 Å². The highest BCUT2D eigenvalue weighted by molar-refractivity contribution is 9.10. The molecule has 2 atom stereocenters. The molecule has 0 radical (unpaired) electrons. The molecule has 1 aliphatic rings. The molecule has 0 amide bonds. The third-order valence-corrected chi connectivity index (χ3v) is 8.20. The number of ketones is 1. The summed E-state index contributed by atoms with van der Waals surface area (Å²) in [5.41, 5.74) is 9.75. The fourth-order valence-electron chi connectivity index (χ4n) is 4.33. The van der Waals surface area contributed by atoms with Crippen molar-refractivity contribution in [2.45, 2.75) is 53.9 Å². The van der Waals surface area contributed by atoms with E-state index in [-0.39, 0.29) is 17.6 Å². The van der Waals surface area contributed by atoms with Crippen molar-refractivity contribution in [3.05, 3.63) is 72.2 Å². The fourth-order valence-corrected chi connectivity index (χ4v) is 5.74. The summed E-state index contributed by atoms with van der Waals surface area (Å²) in [4.78, 5) is 13.2. The molecule has 3 rings (SSSR count). The van der Waals surface area contributed by atoms with Crippen LogP contribution in [0.15, 0.2) is 38.8 Å². The predicted molar refractivity (Wildman–Crippen MR) is 121 cm³/mol. The normalized spacial score (nSPS) is 20.4. The molecular weight excluding hydrogens is 464 g/mol. The molecule has 0 N–H and O–H groups in total. The van der Waals surface area contributed by atoms with Gasteiger partial charge in [0.1, 0.15) is 0 Å². The maximum atomic E-state index is 13.2. The number of rotatable bonds is 2. The lowest BCUT2D eigenvalue weighted by Gasteiger charge is -2.34. The van der Waals surface area contributed by atoms with E-state index in [1.54, 1.807) is 0 Å². The molecule has 1 nitrogen and oxygen atoms in total. The number of carbonyl (C=O) groups excluding carboxylic acids is 1. The summed E-state index contributed by atoms with van der Waals surface area (Å²) < 4.78 is 2.21. The van der Waals surface area contributed by atoms with Gasteiger partial charge in [0, 0.05) is 14.9 Å². The van der Waals surface area contributed by atoms with E-state index in [9.17, 15) is 4.79 Å². The van der Waals surface area contributed by atoms with Crippen LogP contribution >= 0.6 is 31.9 Å². The van der Waals surface area contributed by atoms with Crippen LogP contribution in [0.5, 0.6) is 0 Å². The molecule has 142 valence electrons. The van der Waals surface area contributed by atoms with Gasteiger partial charge in [0.05, 0.1) is 0 Å². The Labute approximate surface area is 179 Å². The average Bonchev–Trinajstić information content (AvgIpc) is 2.65. The lowest BCUT2D eigenvalue weighted by molar-refractivity contribution is -0.119. The summed E-state index contributed by atoms with van der Waals surface area (Å²) in [7, 11) is 0. The molecule has 1 aliphatic carbocycles. The first-order valence-corrected chi connectivity index (χ1v) is 11.0. The Morgan fingerprint density at radius 1 is 0.889 bits per heavy atom. The molecule has 3 heteroatoms. The first kappa shape index (κ1) is 20.5. The van der Waals surface area contributed by atoms with Crippen LogP contribution in [0.1, 0.15) is 59.6 Å². The van der Waals surface area contributed by atoms with Crippen LogP contribution in [0.2, 0.25) is 0 Å². The van der Waals surface area contributed by atoms with Crippen molar-refractivity contribution in [3.8, 4) is 0 Å². The maximum absolute atomic E-state index is 13.2. The van der Waals surface area contributed by atoms with Gasteiger partial charge in [0.2, 0.25) is 0 Å². The molecule has 0 saturated heterocycles. The van der Waals surface area contributed by atoms with Crippen LogP contribution in [0.3, 0.4) is 0 Å². The molecule has 0 fully saturated rings. The Balaban J connectivity index is 2.20. The van der Waals surface area contributed by atoms with E-state index >= 15 is 0 Å². The first-order valence-electron chi connectivity index (χ1n) is 9.41. The molecule has 0 heterocycles. The van der Waals surface area contributed by atoms with Crippen molar-refractivity contribution in [1.82, 2.24) is 0 Å². The Hall–Kier alpha value is -1.19. The second kappa shape index (κ2) is 7.67. The highest BCUT2D eigenvalue weighted by Gasteiger charge is 2.36. The smallest absolute Gasteiger partial charge is 0.162 e. The van der Waals surface area contributed by atoms with E-state index in [4.69, 9.17) is 0 Å².